The summed E-state index contributed by atoms with van der Waals surface area (Å²) in [6.45, 7) is 0. The zero-order valence-electron chi connectivity index (χ0n) is 23.4. The van der Waals surface area contributed by atoms with Crippen molar-refractivity contribution in [1.29, 1.82) is 0 Å². The van der Waals surface area contributed by atoms with E-state index in [1.807, 2.05) is 35.6 Å². The highest BCUT2D eigenvalue weighted by Gasteiger charge is 2.18. The summed E-state index contributed by atoms with van der Waals surface area (Å²) in [6.07, 6.45) is 0. The van der Waals surface area contributed by atoms with E-state index >= 15 is 0 Å². The summed E-state index contributed by atoms with van der Waals surface area (Å²) in [5.41, 5.74) is 5.90. The molecule has 44 heavy (non-hydrogen) atoms. The van der Waals surface area contributed by atoms with E-state index < -0.39 is 0 Å². The number of hydrogen-bond donors (Lipinski definition) is 0. The van der Waals surface area contributed by atoms with Crippen LogP contribution in [-0.2, 0) is 0 Å². The summed E-state index contributed by atoms with van der Waals surface area (Å²) in [7, 11) is 0. The van der Waals surface area contributed by atoms with Gasteiger partial charge in [-0.2, -0.15) is 0 Å². The van der Waals surface area contributed by atoms with Crippen LogP contribution < -0.4 is 4.90 Å². The van der Waals surface area contributed by atoms with Gasteiger partial charge in [0.1, 0.15) is 5.52 Å². The number of halogens is 1. The molecule has 0 saturated heterocycles. The molecule has 0 aliphatic heterocycles. The Balaban J connectivity index is 1.21. The van der Waals surface area contributed by atoms with Gasteiger partial charge in [0.2, 0.25) is 5.89 Å². The molecule has 2 heterocycles. The molecule has 0 spiro atoms. The summed E-state index contributed by atoms with van der Waals surface area (Å²) in [5.74, 6) is 0.626. The SMILES string of the molecule is Brc1ccc2cc3c(cc2c1)sc1c2cccc(N(c4ccccc4)c4ccc(-c5nc6ccccc6o5)cc4)c2ccc31. The Morgan fingerprint density at radius 3 is 2.23 bits per heavy atom. The quantitative estimate of drug-likeness (QED) is 0.190. The van der Waals surface area contributed by atoms with E-state index in [2.05, 4.69) is 136 Å². The maximum Gasteiger partial charge on any atom is 0.227 e. The zero-order valence-corrected chi connectivity index (χ0v) is 25.8. The van der Waals surface area contributed by atoms with Crippen molar-refractivity contribution in [1.82, 2.24) is 4.98 Å². The second-order valence-corrected chi connectivity index (χ2v) is 12.9. The second kappa shape index (κ2) is 10.1. The number of para-hydroxylation sites is 3. The van der Waals surface area contributed by atoms with Gasteiger partial charge in [-0.3, -0.25) is 0 Å². The first-order valence-electron chi connectivity index (χ1n) is 14.5. The Kier molecular flexibility index (Phi) is 5.83. The Labute approximate surface area is 265 Å². The third-order valence-corrected chi connectivity index (χ3v) is 10.0. The lowest BCUT2D eigenvalue weighted by Gasteiger charge is -2.27. The van der Waals surface area contributed by atoms with Crippen LogP contribution in [0.1, 0.15) is 0 Å². The fourth-order valence-corrected chi connectivity index (χ4v) is 7.88. The topological polar surface area (TPSA) is 29.3 Å². The van der Waals surface area contributed by atoms with Gasteiger partial charge in [-0.1, -0.05) is 76.6 Å². The van der Waals surface area contributed by atoms with Crippen LogP contribution >= 0.6 is 27.3 Å². The number of hydrogen-bond acceptors (Lipinski definition) is 4. The number of nitrogens with zero attached hydrogens (tertiary/aromatic N) is 2. The summed E-state index contributed by atoms with van der Waals surface area (Å²) >= 11 is 5.51. The molecule has 0 aliphatic carbocycles. The van der Waals surface area contributed by atoms with Crippen molar-refractivity contribution in [2.45, 2.75) is 0 Å². The lowest BCUT2D eigenvalue weighted by atomic mass is 10.0. The van der Waals surface area contributed by atoms with Crippen molar-refractivity contribution in [2.24, 2.45) is 0 Å². The van der Waals surface area contributed by atoms with Gasteiger partial charge in [0.05, 0.1) is 5.69 Å². The van der Waals surface area contributed by atoms with Crippen molar-refractivity contribution in [3.63, 3.8) is 0 Å². The highest BCUT2D eigenvalue weighted by atomic mass is 79.9. The molecule has 208 valence electrons. The smallest absolute Gasteiger partial charge is 0.227 e. The molecule has 0 saturated carbocycles. The lowest BCUT2D eigenvalue weighted by molar-refractivity contribution is 0.620. The highest BCUT2D eigenvalue weighted by Crippen LogP contribution is 2.45. The number of anilines is 3. The highest BCUT2D eigenvalue weighted by molar-refractivity contribution is 9.10. The van der Waals surface area contributed by atoms with Crippen molar-refractivity contribution in [3.05, 3.63) is 144 Å². The monoisotopic (exact) mass is 646 g/mol. The second-order valence-electron chi connectivity index (χ2n) is 11.0. The van der Waals surface area contributed by atoms with E-state index in [0.717, 1.165) is 38.2 Å². The van der Waals surface area contributed by atoms with Gasteiger partial charge in [0.25, 0.3) is 0 Å². The van der Waals surface area contributed by atoms with E-state index in [1.54, 1.807) is 0 Å². The Morgan fingerprint density at radius 2 is 1.36 bits per heavy atom. The minimum atomic E-state index is 0.626. The number of benzene rings is 7. The number of aromatic nitrogens is 1. The summed E-state index contributed by atoms with van der Waals surface area (Å²) < 4.78 is 9.77. The fraction of sp³-hybridized carbons (Fsp3) is 0. The number of oxazole rings is 1. The van der Waals surface area contributed by atoms with Crippen LogP contribution in [0, 0.1) is 0 Å². The minimum Gasteiger partial charge on any atom is -0.436 e. The van der Waals surface area contributed by atoms with Gasteiger partial charge in [0.15, 0.2) is 5.58 Å². The normalized spacial score (nSPS) is 11.8. The van der Waals surface area contributed by atoms with E-state index in [-0.39, 0.29) is 0 Å². The predicted molar refractivity (Wildman–Crippen MR) is 190 cm³/mol. The molecule has 7 aromatic carbocycles. The maximum atomic E-state index is 6.05. The number of rotatable bonds is 4. The first-order chi connectivity index (χ1) is 21.7. The van der Waals surface area contributed by atoms with Gasteiger partial charge in [-0.05, 0) is 89.6 Å². The predicted octanol–water partition coefficient (Wildman–Crippen LogP) is 12.4. The Bertz CT molecular complexity index is 2480. The minimum absolute atomic E-state index is 0.626. The van der Waals surface area contributed by atoms with Crippen molar-refractivity contribution >= 4 is 97.1 Å². The van der Waals surface area contributed by atoms with Gasteiger partial charge in [-0.15, -0.1) is 11.3 Å². The van der Waals surface area contributed by atoms with Crippen molar-refractivity contribution in [3.8, 4) is 11.5 Å². The van der Waals surface area contributed by atoms with E-state index in [9.17, 15) is 0 Å². The van der Waals surface area contributed by atoms with Gasteiger partial charge < -0.3 is 9.32 Å². The molecule has 0 amide bonds. The first kappa shape index (κ1) is 25.5. The number of thiophene rings is 1. The van der Waals surface area contributed by atoms with Crippen LogP contribution in [0.3, 0.4) is 0 Å². The zero-order chi connectivity index (χ0) is 29.2. The molecule has 2 aromatic heterocycles. The Hall–Kier alpha value is -4.97. The van der Waals surface area contributed by atoms with Crippen LogP contribution in [0.4, 0.5) is 17.1 Å². The largest absolute Gasteiger partial charge is 0.436 e. The maximum absolute atomic E-state index is 6.05. The molecular formula is C39H23BrN2OS. The average molecular weight is 648 g/mol. The molecule has 0 radical (unpaired) electrons. The summed E-state index contributed by atoms with van der Waals surface area (Å²) in [5, 5.41) is 7.59. The molecule has 9 aromatic rings. The molecule has 0 fully saturated rings. The van der Waals surface area contributed by atoms with Crippen molar-refractivity contribution in [2.75, 3.05) is 4.90 Å². The Morgan fingerprint density at radius 1 is 0.591 bits per heavy atom. The van der Waals surface area contributed by atoms with Gasteiger partial charge in [-0.25, -0.2) is 4.98 Å². The third-order valence-electron chi connectivity index (χ3n) is 8.31. The van der Waals surface area contributed by atoms with E-state index in [1.165, 1.54) is 41.7 Å². The molecule has 9 rings (SSSR count). The molecule has 0 aliphatic rings. The van der Waals surface area contributed by atoms with Gasteiger partial charge in [0, 0.05) is 52.4 Å². The first-order valence-corrected chi connectivity index (χ1v) is 16.1. The molecule has 5 heteroatoms. The van der Waals surface area contributed by atoms with Crippen LogP contribution in [0.25, 0.3) is 64.3 Å². The van der Waals surface area contributed by atoms with Crippen LogP contribution in [0.15, 0.2) is 148 Å². The molecule has 0 unspecified atom stereocenters. The standard InChI is InChI=1S/C39H23BrN2OS/c40-27-16-13-25-22-33-32-20-19-30-31(38(32)44-37(33)23-26(25)21-27)9-6-11-35(30)42(28-7-2-1-3-8-28)29-17-14-24(15-18-29)39-41-34-10-4-5-12-36(34)43-39/h1-23H. The fourth-order valence-electron chi connectivity index (χ4n) is 6.24. The molecule has 0 bridgehead atoms. The average Bonchev–Trinajstić information content (AvgIpc) is 3.66. The number of fused-ring (bicyclic) bond motifs is 7. The summed E-state index contributed by atoms with van der Waals surface area (Å²) in [6, 6.07) is 49.3. The van der Waals surface area contributed by atoms with Crippen molar-refractivity contribution < 1.29 is 4.42 Å². The summed E-state index contributed by atoms with van der Waals surface area (Å²) in [4.78, 5) is 7.04. The van der Waals surface area contributed by atoms with Gasteiger partial charge >= 0.3 is 0 Å². The van der Waals surface area contributed by atoms with E-state index in [4.69, 9.17) is 9.40 Å². The van der Waals surface area contributed by atoms with E-state index in [0.29, 0.717) is 5.89 Å². The van der Waals surface area contributed by atoms with Crippen LogP contribution in [0.2, 0.25) is 0 Å². The molecule has 0 N–H and O–H groups in total. The van der Waals surface area contributed by atoms with Crippen LogP contribution in [-0.4, -0.2) is 4.98 Å². The molecule has 3 nitrogen and oxygen atoms in total. The lowest BCUT2D eigenvalue weighted by Crippen LogP contribution is -2.10. The molecular weight excluding hydrogens is 624 g/mol. The van der Waals surface area contributed by atoms with Crippen LogP contribution in [0.5, 0.6) is 0 Å². The molecule has 0 atom stereocenters. The third kappa shape index (κ3) is 4.12.